The average molecular weight is 233 g/mol. The second-order valence-electron chi connectivity index (χ2n) is 4.93. The number of carboxylic acids is 1. The number of piperidine rings is 1. The van der Waals surface area contributed by atoms with Crippen LogP contribution < -0.4 is 0 Å². The molecule has 5 heteroatoms. The number of nitrogens with zero attached hydrogens (tertiary/aromatic N) is 1. The molecule has 2 aliphatic rings. The van der Waals surface area contributed by atoms with E-state index in [1.165, 1.54) is 0 Å². The summed E-state index contributed by atoms with van der Waals surface area (Å²) in [5, 5.41) is 8.87. The summed E-state index contributed by atoms with van der Waals surface area (Å²) in [5.74, 6) is -3.70. The SMILES string of the molecule is O=C(O)[C@H]1CC[C@H](N2CCCC(F)(F)C2)C1. The predicted octanol–water partition coefficient (Wildman–Crippen LogP) is 1.97. The Bertz CT molecular complexity index is 283. The maximum Gasteiger partial charge on any atom is 0.306 e. The zero-order chi connectivity index (χ0) is 11.8. The number of alkyl halides is 2. The van der Waals surface area contributed by atoms with Crippen LogP contribution in [0.15, 0.2) is 0 Å². The Balaban J connectivity index is 1.91. The van der Waals surface area contributed by atoms with Gasteiger partial charge in [-0.15, -0.1) is 0 Å². The van der Waals surface area contributed by atoms with E-state index in [1.807, 2.05) is 0 Å². The molecule has 2 fully saturated rings. The lowest BCUT2D eigenvalue weighted by molar-refractivity contribution is -0.141. The molecule has 0 unspecified atom stereocenters. The Morgan fingerprint density at radius 1 is 1.38 bits per heavy atom. The molecule has 16 heavy (non-hydrogen) atoms. The maximum absolute atomic E-state index is 13.2. The van der Waals surface area contributed by atoms with Crippen molar-refractivity contribution < 1.29 is 18.7 Å². The Kier molecular flexibility index (Phi) is 3.15. The molecular formula is C11H17F2NO2. The van der Waals surface area contributed by atoms with Gasteiger partial charge in [0.25, 0.3) is 5.92 Å². The van der Waals surface area contributed by atoms with Crippen LogP contribution in [0.2, 0.25) is 0 Å². The van der Waals surface area contributed by atoms with Crippen molar-refractivity contribution in [1.29, 1.82) is 0 Å². The quantitative estimate of drug-likeness (QED) is 0.792. The van der Waals surface area contributed by atoms with E-state index in [2.05, 4.69) is 0 Å². The van der Waals surface area contributed by atoms with E-state index in [4.69, 9.17) is 5.11 Å². The second-order valence-corrected chi connectivity index (χ2v) is 4.93. The molecule has 3 nitrogen and oxygen atoms in total. The molecule has 1 saturated carbocycles. The molecule has 0 bridgehead atoms. The largest absolute Gasteiger partial charge is 0.481 e. The Morgan fingerprint density at radius 2 is 2.12 bits per heavy atom. The summed E-state index contributed by atoms with van der Waals surface area (Å²) in [6.45, 7) is 0.497. The minimum absolute atomic E-state index is 0.0292. The van der Waals surface area contributed by atoms with Crippen LogP contribution in [0.25, 0.3) is 0 Å². The molecule has 0 aromatic rings. The van der Waals surface area contributed by atoms with Crippen molar-refractivity contribution in [2.75, 3.05) is 13.1 Å². The highest BCUT2D eigenvalue weighted by Crippen LogP contribution is 2.34. The van der Waals surface area contributed by atoms with E-state index in [9.17, 15) is 13.6 Å². The summed E-state index contributed by atoms with van der Waals surface area (Å²) in [4.78, 5) is 12.6. The molecule has 0 aromatic heterocycles. The smallest absolute Gasteiger partial charge is 0.306 e. The fourth-order valence-electron chi connectivity index (χ4n) is 2.82. The minimum Gasteiger partial charge on any atom is -0.481 e. The van der Waals surface area contributed by atoms with Crippen LogP contribution in [0.5, 0.6) is 0 Å². The average Bonchev–Trinajstić information content (AvgIpc) is 2.64. The first-order valence-corrected chi connectivity index (χ1v) is 5.83. The van der Waals surface area contributed by atoms with Gasteiger partial charge in [-0.25, -0.2) is 8.78 Å². The molecule has 0 amide bonds. The third kappa shape index (κ3) is 2.51. The van der Waals surface area contributed by atoms with Crippen molar-refractivity contribution in [3.05, 3.63) is 0 Å². The third-order valence-electron chi connectivity index (χ3n) is 3.69. The van der Waals surface area contributed by atoms with Crippen LogP contribution in [-0.2, 0) is 4.79 Å². The summed E-state index contributed by atoms with van der Waals surface area (Å²) in [6, 6.07) is 0.0484. The molecule has 92 valence electrons. The Hall–Kier alpha value is -0.710. The second kappa shape index (κ2) is 4.28. The normalized spacial score (nSPS) is 35.1. The predicted molar refractivity (Wildman–Crippen MR) is 54.5 cm³/mol. The lowest BCUT2D eigenvalue weighted by Crippen LogP contribution is -2.47. The fourth-order valence-corrected chi connectivity index (χ4v) is 2.82. The summed E-state index contributed by atoms with van der Waals surface area (Å²) < 4.78 is 26.4. The highest BCUT2D eigenvalue weighted by atomic mass is 19.3. The molecule has 0 radical (unpaired) electrons. The zero-order valence-corrected chi connectivity index (χ0v) is 9.16. The zero-order valence-electron chi connectivity index (χ0n) is 9.16. The van der Waals surface area contributed by atoms with E-state index in [0.717, 1.165) is 6.42 Å². The molecule has 1 aliphatic heterocycles. The summed E-state index contributed by atoms with van der Waals surface area (Å²) in [7, 11) is 0. The Morgan fingerprint density at radius 3 is 2.69 bits per heavy atom. The molecule has 1 saturated heterocycles. The fraction of sp³-hybridized carbons (Fsp3) is 0.909. The number of hydrogen-bond acceptors (Lipinski definition) is 2. The van der Waals surface area contributed by atoms with Gasteiger partial charge in [-0.3, -0.25) is 9.69 Å². The number of carboxylic acid groups (broad SMARTS) is 1. The van der Waals surface area contributed by atoms with E-state index in [-0.39, 0.29) is 24.9 Å². The molecule has 1 aliphatic carbocycles. The number of carbonyl (C=O) groups is 1. The van der Waals surface area contributed by atoms with E-state index in [0.29, 0.717) is 25.8 Å². The van der Waals surface area contributed by atoms with Gasteiger partial charge in [0.1, 0.15) is 0 Å². The van der Waals surface area contributed by atoms with Crippen LogP contribution in [0, 0.1) is 5.92 Å². The van der Waals surface area contributed by atoms with Crippen LogP contribution in [0.1, 0.15) is 32.1 Å². The molecule has 2 rings (SSSR count). The lowest BCUT2D eigenvalue weighted by Gasteiger charge is -2.36. The monoisotopic (exact) mass is 233 g/mol. The van der Waals surface area contributed by atoms with Crippen LogP contribution in [0.3, 0.4) is 0 Å². The molecule has 0 spiro atoms. The number of rotatable bonds is 2. The maximum atomic E-state index is 13.2. The van der Waals surface area contributed by atoms with Crippen LogP contribution in [-0.4, -0.2) is 41.0 Å². The van der Waals surface area contributed by atoms with Crippen molar-refractivity contribution >= 4 is 5.97 Å². The topological polar surface area (TPSA) is 40.5 Å². The molecule has 2 atom stereocenters. The molecule has 0 aromatic carbocycles. The molecular weight excluding hydrogens is 216 g/mol. The first kappa shape index (κ1) is 11.8. The van der Waals surface area contributed by atoms with Gasteiger partial charge in [0, 0.05) is 12.5 Å². The van der Waals surface area contributed by atoms with Gasteiger partial charge in [0.2, 0.25) is 0 Å². The van der Waals surface area contributed by atoms with Crippen molar-refractivity contribution in [2.24, 2.45) is 5.92 Å². The van der Waals surface area contributed by atoms with Crippen LogP contribution in [0.4, 0.5) is 8.78 Å². The van der Waals surface area contributed by atoms with E-state index < -0.39 is 11.9 Å². The highest BCUT2D eigenvalue weighted by molar-refractivity contribution is 5.70. The van der Waals surface area contributed by atoms with Crippen molar-refractivity contribution in [3.63, 3.8) is 0 Å². The van der Waals surface area contributed by atoms with Crippen molar-refractivity contribution in [3.8, 4) is 0 Å². The molecule has 1 N–H and O–H groups in total. The van der Waals surface area contributed by atoms with E-state index in [1.54, 1.807) is 4.90 Å². The first-order chi connectivity index (χ1) is 7.48. The molecule has 1 heterocycles. The summed E-state index contributed by atoms with van der Waals surface area (Å²) in [5.41, 5.74) is 0. The van der Waals surface area contributed by atoms with Gasteiger partial charge in [-0.1, -0.05) is 0 Å². The first-order valence-electron chi connectivity index (χ1n) is 5.83. The van der Waals surface area contributed by atoms with Crippen molar-refractivity contribution in [1.82, 2.24) is 4.90 Å². The van der Waals surface area contributed by atoms with Crippen LogP contribution >= 0.6 is 0 Å². The number of hydrogen-bond donors (Lipinski definition) is 1. The van der Waals surface area contributed by atoms with Gasteiger partial charge in [0.15, 0.2) is 0 Å². The number of aliphatic carboxylic acids is 1. The van der Waals surface area contributed by atoms with Gasteiger partial charge in [0.05, 0.1) is 12.5 Å². The van der Waals surface area contributed by atoms with E-state index >= 15 is 0 Å². The standard InChI is InChI=1S/C11H17F2NO2/c12-11(13)4-1-5-14(7-11)9-3-2-8(6-9)10(15)16/h8-9H,1-7H2,(H,15,16)/t8-,9-/m0/s1. The number of likely N-dealkylation sites (tertiary alicyclic amines) is 1. The van der Waals surface area contributed by atoms with Gasteiger partial charge in [-0.05, 0) is 32.2 Å². The lowest BCUT2D eigenvalue weighted by atomic mass is 10.0. The third-order valence-corrected chi connectivity index (χ3v) is 3.69. The Labute approximate surface area is 93.4 Å². The van der Waals surface area contributed by atoms with Gasteiger partial charge >= 0.3 is 5.97 Å². The van der Waals surface area contributed by atoms with Gasteiger partial charge < -0.3 is 5.11 Å². The van der Waals surface area contributed by atoms with Gasteiger partial charge in [-0.2, -0.15) is 0 Å². The summed E-state index contributed by atoms with van der Waals surface area (Å²) >= 11 is 0. The minimum atomic E-state index is -2.58. The number of halogens is 2. The highest BCUT2D eigenvalue weighted by Gasteiger charge is 2.40. The van der Waals surface area contributed by atoms with Crippen molar-refractivity contribution in [2.45, 2.75) is 44.1 Å². The summed E-state index contributed by atoms with van der Waals surface area (Å²) in [6.07, 6.45) is 2.39.